The maximum atomic E-state index is 11.6. The van der Waals surface area contributed by atoms with Gasteiger partial charge in [0.15, 0.2) is 0 Å². The van der Waals surface area contributed by atoms with E-state index in [2.05, 4.69) is 23.2 Å². The number of hydrogen-bond donors (Lipinski definition) is 2. The van der Waals surface area contributed by atoms with Crippen LogP contribution >= 0.6 is 0 Å². The van der Waals surface area contributed by atoms with Gasteiger partial charge in [0.05, 0.1) is 19.2 Å². The van der Waals surface area contributed by atoms with Crippen LogP contribution in [0.1, 0.15) is 11.1 Å². The van der Waals surface area contributed by atoms with E-state index in [4.69, 9.17) is 4.74 Å². The average Bonchev–Trinajstić information content (AvgIpc) is 2.99. The summed E-state index contributed by atoms with van der Waals surface area (Å²) in [5, 5.41) is 12.6. The van der Waals surface area contributed by atoms with E-state index in [0.717, 1.165) is 49.8 Å². The average molecular weight is 345 g/mol. The van der Waals surface area contributed by atoms with Crippen LogP contribution in [0, 0.1) is 6.92 Å². The minimum absolute atomic E-state index is 0.0504. The lowest BCUT2D eigenvalue weighted by Crippen LogP contribution is -2.01. The number of carboxylic acids is 1. The van der Waals surface area contributed by atoms with Crippen molar-refractivity contribution < 1.29 is 14.6 Å². The van der Waals surface area contributed by atoms with Crippen molar-refractivity contribution in [1.82, 2.24) is 4.98 Å². The molecule has 0 atom stereocenters. The lowest BCUT2D eigenvalue weighted by Gasteiger charge is -2.07. The van der Waals surface area contributed by atoms with Crippen LogP contribution in [0.4, 0.5) is 0 Å². The highest BCUT2D eigenvalue weighted by Crippen LogP contribution is 2.37. The number of ether oxygens (including phenoxy) is 1. The lowest BCUT2D eigenvalue weighted by atomic mass is 9.97. The zero-order valence-electron chi connectivity index (χ0n) is 14.7. The Morgan fingerprint density at radius 3 is 2.62 bits per heavy atom. The van der Waals surface area contributed by atoms with Gasteiger partial charge >= 0.3 is 5.97 Å². The Hall–Kier alpha value is -3.27. The second-order valence-corrected chi connectivity index (χ2v) is 6.44. The highest BCUT2D eigenvalue weighted by molar-refractivity contribution is 6.02. The summed E-state index contributed by atoms with van der Waals surface area (Å²) in [6, 6.07) is 18.1. The topological polar surface area (TPSA) is 62.3 Å². The van der Waals surface area contributed by atoms with Crippen molar-refractivity contribution in [2.45, 2.75) is 13.3 Å². The van der Waals surface area contributed by atoms with E-state index in [0.29, 0.717) is 0 Å². The summed E-state index contributed by atoms with van der Waals surface area (Å²) in [6.07, 6.45) is -0.0504. The molecule has 0 saturated heterocycles. The van der Waals surface area contributed by atoms with Crippen molar-refractivity contribution in [3.05, 3.63) is 65.7 Å². The number of rotatable bonds is 4. The summed E-state index contributed by atoms with van der Waals surface area (Å²) in [7, 11) is 1.62. The van der Waals surface area contributed by atoms with Gasteiger partial charge in [0.25, 0.3) is 0 Å². The third-order valence-corrected chi connectivity index (χ3v) is 4.81. The molecular formula is C22H19NO3. The van der Waals surface area contributed by atoms with Gasteiger partial charge in [-0.05, 0) is 41.0 Å². The summed E-state index contributed by atoms with van der Waals surface area (Å²) < 4.78 is 5.39. The molecule has 4 heteroatoms. The maximum Gasteiger partial charge on any atom is 0.307 e. The predicted octanol–water partition coefficient (Wildman–Crippen LogP) is 4.93. The first kappa shape index (κ1) is 16.2. The fourth-order valence-electron chi connectivity index (χ4n) is 3.62. The lowest BCUT2D eigenvalue weighted by molar-refractivity contribution is -0.136. The van der Waals surface area contributed by atoms with E-state index in [1.807, 2.05) is 43.3 Å². The Labute approximate surface area is 151 Å². The third-order valence-electron chi connectivity index (χ3n) is 4.81. The molecule has 2 N–H and O–H groups in total. The van der Waals surface area contributed by atoms with Crippen LogP contribution in [0.5, 0.6) is 5.75 Å². The summed E-state index contributed by atoms with van der Waals surface area (Å²) in [6.45, 7) is 2.00. The maximum absolute atomic E-state index is 11.6. The Morgan fingerprint density at radius 2 is 1.85 bits per heavy atom. The normalized spacial score (nSPS) is 11.2. The first-order valence-corrected chi connectivity index (χ1v) is 8.47. The van der Waals surface area contributed by atoms with E-state index in [1.54, 1.807) is 7.11 Å². The number of carboxylic acid groups (broad SMARTS) is 1. The number of aromatic amines is 1. The SMILES string of the molecule is COc1cc(C)c2[nH]c(-c3cccc4ccccc34)c(CC(=O)O)c2c1. The predicted molar refractivity (Wildman–Crippen MR) is 104 cm³/mol. The number of H-pyrrole nitrogens is 1. The minimum Gasteiger partial charge on any atom is -0.497 e. The van der Waals surface area contributed by atoms with Gasteiger partial charge in [0.1, 0.15) is 5.75 Å². The molecule has 130 valence electrons. The van der Waals surface area contributed by atoms with Crippen molar-refractivity contribution in [2.24, 2.45) is 0 Å². The highest BCUT2D eigenvalue weighted by Gasteiger charge is 2.19. The van der Waals surface area contributed by atoms with Crippen molar-refractivity contribution in [3.8, 4) is 17.0 Å². The number of aromatic nitrogens is 1. The van der Waals surface area contributed by atoms with Crippen molar-refractivity contribution >= 4 is 27.6 Å². The minimum atomic E-state index is -0.854. The van der Waals surface area contributed by atoms with Crippen LogP contribution < -0.4 is 4.74 Å². The van der Waals surface area contributed by atoms with Crippen molar-refractivity contribution in [1.29, 1.82) is 0 Å². The van der Waals surface area contributed by atoms with Gasteiger partial charge in [0, 0.05) is 16.5 Å². The molecule has 3 aromatic carbocycles. The quantitative estimate of drug-likeness (QED) is 0.551. The number of methoxy groups -OCH3 is 1. The molecule has 26 heavy (non-hydrogen) atoms. The van der Waals surface area contributed by atoms with Crippen LogP contribution in [0.2, 0.25) is 0 Å². The van der Waals surface area contributed by atoms with Crippen molar-refractivity contribution in [3.63, 3.8) is 0 Å². The summed E-state index contributed by atoms with van der Waals surface area (Å²) in [5.74, 6) is -0.127. The third kappa shape index (κ3) is 2.60. The molecule has 4 aromatic rings. The Morgan fingerprint density at radius 1 is 1.08 bits per heavy atom. The van der Waals surface area contributed by atoms with E-state index >= 15 is 0 Å². The molecule has 0 aliphatic heterocycles. The number of aryl methyl sites for hydroxylation is 1. The standard InChI is InChI=1S/C22H19NO3/c1-13-10-15(26-2)11-18-19(12-20(24)25)22(23-21(13)18)17-9-5-7-14-6-3-4-8-16(14)17/h3-11,23H,12H2,1-2H3,(H,24,25). The molecular weight excluding hydrogens is 326 g/mol. The van der Waals surface area contributed by atoms with Gasteiger partial charge in [-0.2, -0.15) is 0 Å². The van der Waals surface area contributed by atoms with Crippen LogP contribution in [0.25, 0.3) is 32.9 Å². The Balaban J connectivity index is 2.08. The monoisotopic (exact) mass is 345 g/mol. The fourth-order valence-corrected chi connectivity index (χ4v) is 3.62. The first-order chi connectivity index (χ1) is 12.6. The number of fused-ring (bicyclic) bond motifs is 2. The molecule has 0 aliphatic rings. The molecule has 0 amide bonds. The molecule has 1 heterocycles. The Kier molecular flexibility index (Phi) is 3.88. The molecule has 0 unspecified atom stereocenters. The van der Waals surface area contributed by atoms with Crippen LogP contribution in [-0.4, -0.2) is 23.2 Å². The van der Waals surface area contributed by atoms with E-state index in [1.165, 1.54) is 0 Å². The van der Waals surface area contributed by atoms with Gasteiger partial charge in [-0.1, -0.05) is 42.5 Å². The molecule has 0 aliphatic carbocycles. The van der Waals surface area contributed by atoms with Crippen LogP contribution in [-0.2, 0) is 11.2 Å². The van der Waals surface area contributed by atoms with Gasteiger partial charge in [-0.3, -0.25) is 4.79 Å². The second-order valence-electron chi connectivity index (χ2n) is 6.44. The molecule has 0 bridgehead atoms. The molecule has 4 nitrogen and oxygen atoms in total. The number of carbonyl (C=O) groups is 1. The Bertz CT molecular complexity index is 1140. The fraction of sp³-hybridized carbons (Fsp3) is 0.136. The second kappa shape index (κ2) is 6.23. The summed E-state index contributed by atoms with van der Waals surface area (Å²) in [5.41, 5.74) is 4.62. The smallest absolute Gasteiger partial charge is 0.307 e. The van der Waals surface area contributed by atoms with E-state index in [-0.39, 0.29) is 6.42 Å². The number of benzene rings is 3. The zero-order chi connectivity index (χ0) is 18.3. The molecule has 1 aromatic heterocycles. The molecule has 0 saturated carbocycles. The zero-order valence-corrected chi connectivity index (χ0v) is 14.7. The van der Waals surface area contributed by atoms with Crippen molar-refractivity contribution in [2.75, 3.05) is 7.11 Å². The van der Waals surface area contributed by atoms with Crippen LogP contribution in [0.3, 0.4) is 0 Å². The van der Waals surface area contributed by atoms with Gasteiger partial charge < -0.3 is 14.8 Å². The van der Waals surface area contributed by atoms with Crippen LogP contribution in [0.15, 0.2) is 54.6 Å². The van der Waals surface area contributed by atoms with Gasteiger partial charge in [-0.15, -0.1) is 0 Å². The van der Waals surface area contributed by atoms with Gasteiger partial charge in [-0.25, -0.2) is 0 Å². The molecule has 0 spiro atoms. The van der Waals surface area contributed by atoms with E-state index < -0.39 is 5.97 Å². The summed E-state index contributed by atoms with van der Waals surface area (Å²) in [4.78, 5) is 15.0. The van der Waals surface area contributed by atoms with E-state index in [9.17, 15) is 9.90 Å². The summed E-state index contributed by atoms with van der Waals surface area (Å²) >= 11 is 0. The van der Waals surface area contributed by atoms with Gasteiger partial charge in [0.2, 0.25) is 0 Å². The highest BCUT2D eigenvalue weighted by atomic mass is 16.5. The number of hydrogen-bond acceptors (Lipinski definition) is 2. The number of aliphatic carboxylic acids is 1. The number of nitrogens with one attached hydrogen (secondary N) is 1. The largest absolute Gasteiger partial charge is 0.497 e. The molecule has 0 fully saturated rings. The molecule has 0 radical (unpaired) electrons. The first-order valence-electron chi connectivity index (χ1n) is 8.47. The molecule has 4 rings (SSSR count).